The zero-order chi connectivity index (χ0) is 25.5. The van der Waals surface area contributed by atoms with Crippen molar-refractivity contribution in [1.29, 1.82) is 0 Å². The zero-order valence-electron chi connectivity index (χ0n) is 20.2. The number of nitrogens with zero attached hydrogens (tertiary/aromatic N) is 4. The number of hydrogen-bond donors (Lipinski definition) is 3. The van der Waals surface area contributed by atoms with E-state index in [9.17, 15) is 13.2 Å². The minimum absolute atomic E-state index is 0.0306. The molecule has 0 fully saturated rings. The summed E-state index contributed by atoms with van der Waals surface area (Å²) in [4.78, 5) is 25.6. The Balaban J connectivity index is 1.43. The van der Waals surface area contributed by atoms with Crippen LogP contribution in [0.25, 0.3) is 11.0 Å². The van der Waals surface area contributed by atoms with Gasteiger partial charge in [-0.2, -0.15) is 0 Å². The van der Waals surface area contributed by atoms with Crippen molar-refractivity contribution in [1.82, 2.24) is 24.8 Å². The Bertz CT molecular complexity index is 1470. The van der Waals surface area contributed by atoms with Gasteiger partial charge in [0.1, 0.15) is 0 Å². The molecule has 10 nitrogen and oxygen atoms in total. The van der Waals surface area contributed by atoms with Gasteiger partial charge in [0.15, 0.2) is 9.84 Å². The molecule has 4 rings (SSSR count). The third kappa shape index (κ3) is 6.86. The molecule has 1 amide bonds. The molecule has 0 spiro atoms. The van der Waals surface area contributed by atoms with Crippen LogP contribution in [0.5, 0.6) is 0 Å². The minimum atomic E-state index is -3.13. The van der Waals surface area contributed by atoms with E-state index in [1.165, 1.54) is 6.26 Å². The molecule has 2 aromatic carbocycles. The largest absolute Gasteiger partial charge is 0.324 e. The fourth-order valence-corrected chi connectivity index (χ4v) is 4.55. The first-order valence-corrected chi connectivity index (χ1v) is 13.7. The lowest BCUT2D eigenvalue weighted by molar-refractivity contribution is -0.116. The summed E-state index contributed by atoms with van der Waals surface area (Å²) in [5.74, 6) is 0.811. The average Bonchev–Trinajstić information content (AvgIpc) is 3.15. The fraction of sp³-hybridized carbons (Fsp3) is 0.280. The number of para-hydroxylation sites is 2. The lowest BCUT2D eigenvalue weighted by Gasteiger charge is -2.12. The molecular weight excluding hydrogens is 478 g/mol. The normalized spacial score (nSPS) is 11.5. The Labute approximate surface area is 210 Å². The Morgan fingerprint density at radius 1 is 1.06 bits per heavy atom. The molecule has 188 valence electrons. The third-order valence-electron chi connectivity index (χ3n) is 5.28. The number of benzene rings is 2. The highest BCUT2D eigenvalue weighted by molar-refractivity contribution is 7.89. The summed E-state index contributed by atoms with van der Waals surface area (Å²) >= 11 is 0. The predicted octanol–water partition coefficient (Wildman–Crippen LogP) is 3.60. The lowest BCUT2D eigenvalue weighted by Crippen LogP contribution is -2.22. The number of amides is 1. The van der Waals surface area contributed by atoms with Gasteiger partial charge in [0, 0.05) is 31.1 Å². The van der Waals surface area contributed by atoms with Crippen LogP contribution >= 0.6 is 0 Å². The number of hydrogen-bond acceptors (Lipinski definition) is 8. The average molecular weight is 508 g/mol. The number of sulfone groups is 1. The Morgan fingerprint density at radius 3 is 2.69 bits per heavy atom. The number of anilines is 3. The SMILES string of the molecule is CCCC(=O)Nc1nc2ccccc2n1CNCc1ccnc(Nc2cccc(CS(C)(=O)=O)c2)n1. The summed E-state index contributed by atoms with van der Waals surface area (Å²) in [5, 5.41) is 9.39. The number of aromatic nitrogens is 4. The van der Waals surface area contributed by atoms with Gasteiger partial charge >= 0.3 is 0 Å². The van der Waals surface area contributed by atoms with Crippen molar-refractivity contribution in [3.05, 3.63) is 72.1 Å². The van der Waals surface area contributed by atoms with Crippen molar-refractivity contribution < 1.29 is 13.2 Å². The van der Waals surface area contributed by atoms with Gasteiger partial charge in [-0.15, -0.1) is 0 Å². The molecule has 36 heavy (non-hydrogen) atoms. The number of fused-ring (bicyclic) bond motifs is 1. The van der Waals surface area contributed by atoms with Crippen LogP contribution in [0, 0.1) is 0 Å². The maximum atomic E-state index is 12.2. The van der Waals surface area contributed by atoms with Gasteiger partial charge in [-0.3, -0.25) is 20.0 Å². The quantitative estimate of drug-likeness (QED) is 0.281. The first-order chi connectivity index (χ1) is 17.3. The number of carbonyl (C=O) groups excluding carboxylic acids is 1. The van der Waals surface area contributed by atoms with Gasteiger partial charge in [0.2, 0.25) is 17.8 Å². The third-order valence-corrected chi connectivity index (χ3v) is 6.14. The Morgan fingerprint density at radius 2 is 1.89 bits per heavy atom. The summed E-state index contributed by atoms with van der Waals surface area (Å²) in [7, 11) is -3.13. The second-order valence-corrected chi connectivity index (χ2v) is 10.6. The molecule has 0 atom stereocenters. The topological polar surface area (TPSA) is 131 Å². The molecule has 0 saturated carbocycles. The van der Waals surface area contributed by atoms with Gasteiger partial charge in [-0.05, 0) is 42.3 Å². The summed E-state index contributed by atoms with van der Waals surface area (Å²) < 4.78 is 25.1. The molecule has 0 radical (unpaired) electrons. The fourth-order valence-electron chi connectivity index (χ4n) is 3.77. The van der Waals surface area contributed by atoms with E-state index in [4.69, 9.17) is 0 Å². The van der Waals surface area contributed by atoms with Gasteiger partial charge < -0.3 is 5.32 Å². The molecule has 3 N–H and O–H groups in total. The summed E-state index contributed by atoms with van der Waals surface area (Å²) in [5.41, 5.74) is 3.88. The first-order valence-electron chi connectivity index (χ1n) is 11.6. The maximum absolute atomic E-state index is 12.2. The van der Waals surface area contributed by atoms with Crippen molar-refractivity contribution in [2.75, 3.05) is 16.9 Å². The van der Waals surface area contributed by atoms with Crippen LogP contribution in [0.3, 0.4) is 0 Å². The molecule has 0 aliphatic heterocycles. The Kier molecular flexibility index (Phi) is 7.91. The molecule has 0 aliphatic carbocycles. The molecule has 0 saturated heterocycles. The van der Waals surface area contributed by atoms with Crippen molar-refractivity contribution in [3.8, 4) is 0 Å². The highest BCUT2D eigenvalue weighted by Gasteiger charge is 2.13. The molecule has 0 aliphatic rings. The van der Waals surface area contributed by atoms with Gasteiger partial charge in [0.25, 0.3) is 0 Å². The van der Waals surface area contributed by atoms with Crippen LogP contribution in [0.15, 0.2) is 60.8 Å². The van der Waals surface area contributed by atoms with E-state index in [0.717, 1.165) is 23.1 Å². The summed E-state index contributed by atoms with van der Waals surface area (Å²) in [6, 6.07) is 16.7. The molecule has 11 heteroatoms. The number of nitrogens with one attached hydrogen (secondary N) is 3. The smallest absolute Gasteiger partial charge is 0.227 e. The second kappa shape index (κ2) is 11.3. The van der Waals surface area contributed by atoms with Gasteiger partial charge in [0.05, 0.1) is 29.1 Å². The first kappa shape index (κ1) is 25.3. The number of carbonyl (C=O) groups is 1. The molecule has 4 aromatic rings. The second-order valence-electron chi connectivity index (χ2n) is 8.50. The van der Waals surface area contributed by atoms with E-state index in [-0.39, 0.29) is 11.7 Å². The monoisotopic (exact) mass is 507 g/mol. The van der Waals surface area contributed by atoms with Crippen LogP contribution < -0.4 is 16.0 Å². The maximum Gasteiger partial charge on any atom is 0.227 e. The molecular formula is C25H29N7O3S. The van der Waals surface area contributed by atoms with Crippen LogP contribution in [-0.2, 0) is 33.6 Å². The van der Waals surface area contributed by atoms with Crippen LogP contribution in [-0.4, -0.2) is 40.1 Å². The highest BCUT2D eigenvalue weighted by Crippen LogP contribution is 2.20. The van der Waals surface area contributed by atoms with E-state index in [1.54, 1.807) is 24.4 Å². The van der Waals surface area contributed by atoms with Crippen molar-refractivity contribution in [2.24, 2.45) is 0 Å². The number of imidazole rings is 1. The molecule has 2 aromatic heterocycles. The lowest BCUT2D eigenvalue weighted by atomic mass is 10.2. The number of rotatable bonds is 11. The van der Waals surface area contributed by atoms with Crippen LogP contribution in [0.4, 0.5) is 17.6 Å². The highest BCUT2D eigenvalue weighted by atomic mass is 32.2. The van der Waals surface area contributed by atoms with E-state index in [2.05, 4.69) is 30.9 Å². The van der Waals surface area contributed by atoms with Crippen molar-refractivity contribution in [3.63, 3.8) is 0 Å². The minimum Gasteiger partial charge on any atom is -0.324 e. The summed E-state index contributed by atoms with van der Waals surface area (Å²) in [6.45, 7) is 2.84. The molecule has 0 unspecified atom stereocenters. The van der Waals surface area contributed by atoms with Gasteiger partial charge in [-0.1, -0.05) is 31.2 Å². The van der Waals surface area contributed by atoms with Crippen LogP contribution in [0.2, 0.25) is 0 Å². The van der Waals surface area contributed by atoms with E-state index >= 15 is 0 Å². The standard InChI is InChI=1S/C25H29N7O3S/c1-3-7-23(33)31-25-30-21-10-4-5-11-22(21)32(25)17-26-15-20-12-13-27-24(29-20)28-19-9-6-8-18(14-19)16-36(2,34)35/h4-6,8-14,26H,3,7,15-17H2,1-2H3,(H,27,28,29)(H,30,31,33). The predicted molar refractivity (Wildman–Crippen MR) is 140 cm³/mol. The summed E-state index contributed by atoms with van der Waals surface area (Å²) in [6.07, 6.45) is 4.07. The van der Waals surface area contributed by atoms with Gasteiger partial charge in [-0.25, -0.2) is 23.4 Å². The molecule has 2 heterocycles. The van der Waals surface area contributed by atoms with Crippen molar-refractivity contribution in [2.45, 2.75) is 38.7 Å². The Hall–Kier alpha value is -3.83. The zero-order valence-corrected chi connectivity index (χ0v) is 21.0. The van der Waals surface area contributed by atoms with E-state index in [0.29, 0.717) is 42.8 Å². The van der Waals surface area contributed by atoms with E-state index in [1.807, 2.05) is 47.9 Å². The van der Waals surface area contributed by atoms with Crippen molar-refractivity contribution >= 4 is 44.4 Å². The van der Waals surface area contributed by atoms with E-state index < -0.39 is 9.84 Å². The molecule has 0 bridgehead atoms. The van der Waals surface area contributed by atoms with Crippen LogP contribution in [0.1, 0.15) is 31.0 Å².